The van der Waals surface area contributed by atoms with Gasteiger partial charge in [0.15, 0.2) is 0 Å². The monoisotopic (exact) mass is 227 g/mol. The quantitative estimate of drug-likeness (QED) is 0.444. The Morgan fingerprint density at radius 1 is 0.938 bits per heavy atom. The van der Waals surface area contributed by atoms with E-state index in [4.69, 9.17) is 4.74 Å². The first kappa shape index (κ1) is 16.0. The van der Waals surface area contributed by atoms with Crippen molar-refractivity contribution in [2.24, 2.45) is 0 Å². The van der Waals surface area contributed by atoms with Crippen LogP contribution in [0.25, 0.3) is 0 Å². The zero-order valence-electron chi connectivity index (χ0n) is 11.6. The summed E-state index contributed by atoms with van der Waals surface area (Å²) in [6, 6.07) is 0. The van der Waals surface area contributed by atoms with Gasteiger partial charge in [0.05, 0.1) is 12.2 Å². The predicted octanol–water partition coefficient (Wildman–Crippen LogP) is 5.14. The Hall–Kier alpha value is -0.0400. The van der Waals surface area contributed by atoms with Crippen LogP contribution in [0, 0.1) is 6.92 Å². The van der Waals surface area contributed by atoms with E-state index in [9.17, 15) is 0 Å². The minimum atomic E-state index is 0.358. The van der Waals surface area contributed by atoms with E-state index in [2.05, 4.69) is 27.7 Å². The molecule has 1 nitrogen and oxygen atoms in total. The average molecular weight is 227 g/mol. The summed E-state index contributed by atoms with van der Waals surface area (Å²) in [4.78, 5) is 0. The minimum Gasteiger partial charge on any atom is -0.376 e. The van der Waals surface area contributed by atoms with E-state index in [-0.39, 0.29) is 0 Å². The molecule has 0 aromatic rings. The summed E-state index contributed by atoms with van der Waals surface area (Å²) in [7, 11) is 0. The summed E-state index contributed by atoms with van der Waals surface area (Å²) in [6.07, 6.45) is 12.4. The van der Waals surface area contributed by atoms with Crippen LogP contribution in [0.2, 0.25) is 0 Å². The van der Waals surface area contributed by atoms with Gasteiger partial charge >= 0.3 is 0 Å². The Bertz CT molecular complexity index is 131. The highest BCUT2D eigenvalue weighted by Crippen LogP contribution is 2.15. The molecule has 0 fully saturated rings. The summed E-state index contributed by atoms with van der Waals surface area (Å²) in [5.41, 5.74) is 0. The molecule has 0 rings (SSSR count). The van der Waals surface area contributed by atoms with Crippen LogP contribution in [0.5, 0.6) is 0 Å². The molecule has 0 saturated heterocycles. The Labute approximate surface area is 103 Å². The Kier molecular flexibility index (Phi) is 11.4. The molecule has 0 aliphatic heterocycles. The predicted molar refractivity (Wildman–Crippen MR) is 72.6 cm³/mol. The third-order valence-electron chi connectivity index (χ3n) is 2.87. The highest BCUT2D eigenvalue weighted by atomic mass is 16.5. The van der Waals surface area contributed by atoms with Crippen LogP contribution in [0.1, 0.15) is 78.6 Å². The first-order valence-corrected chi connectivity index (χ1v) is 7.15. The lowest BCUT2D eigenvalue weighted by Crippen LogP contribution is -2.17. The molecule has 1 atom stereocenters. The zero-order valence-corrected chi connectivity index (χ0v) is 11.6. The van der Waals surface area contributed by atoms with Gasteiger partial charge in [-0.25, -0.2) is 0 Å². The molecule has 97 valence electrons. The first-order valence-electron chi connectivity index (χ1n) is 7.15. The fourth-order valence-electron chi connectivity index (χ4n) is 2.05. The molecule has 0 saturated carbocycles. The van der Waals surface area contributed by atoms with E-state index in [0.717, 1.165) is 12.8 Å². The topological polar surface area (TPSA) is 9.23 Å². The molecule has 0 bridgehead atoms. The molecule has 0 N–H and O–H groups in total. The minimum absolute atomic E-state index is 0.358. The molecule has 0 aliphatic carbocycles. The molecular weight excluding hydrogens is 196 g/mol. The van der Waals surface area contributed by atoms with Crippen molar-refractivity contribution in [3.63, 3.8) is 0 Å². The molecule has 0 aromatic heterocycles. The Morgan fingerprint density at radius 2 is 1.56 bits per heavy atom. The van der Waals surface area contributed by atoms with Crippen LogP contribution in [0.3, 0.4) is 0 Å². The lowest BCUT2D eigenvalue weighted by molar-refractivity contribution is -0.00217. The van der Waals surface area contributed by atoms with Crippen molar-refractivity contribution in [1.29, 1.82) is 0 Å². The standard InChI is InChI=1S/C15H31O/c1-5-7-8-9-10-11-13-15(12-6-2)16-14(3)4/h14-15H,2,5-13H2,1,3-4H3. The molecule has 0 amide bonds. The fourth-order valence-corrected chi connectivity index (χ4v) is 2.05. The highest BCUT2D eigenvalue weighted by molar-refractivity contribution is 4.61. The number of unbranched alkanes of at least 4 members (excludes halogenated alkanes) is 5. The summed E-state index contributed by atoms with van der Waals surface area (Å²) in [5, 5.41) is 0. The lowest BCUT2D eigenvalue weighted by Gasteiger charge is -2.19. The maximum atomic E-state index is 5.88. The molecular formula is C15H31O. The van der Waals surface area contributed by atoms with Gasteiger partial charge in [-0.1, -0.05) is 58.8 Å². The van der Waals surface area contributed by atoms with E-state index in [0.29, 0.717) is 12.2 Å². The third-order valence-corrected chi connectivity index (χ3v) is 2.87. The summed E-state index contributed by atoms with van der Waals surface area (Å²) >= 11 is 0. The number of hydrogen-bond acceptors (Lipinski definition) is 1. The Morgan fingerprint density at radius 3 is 2.12 bits per heavy atom. The second kappa shape index (κ2) is 11.4. The maximum absolute atomic E-state index is 5.88. The van der Waals surface area contributed by atoms with Crippen molar-refractivity contribution in [3.05, 3.63) is 6.92 Å². The fraction of sp³-hybridized carbons (Fsp3) is 0.933. The van der Waals surface area contributed by atoms with Crippen LogP contribution < -0.4 is 0 Å². The number of ether oxygens (including phenoxy) is 1. The van der Waals surface area contributed by atoms with E-state index in [1.54, 1.807) is 0 Å². The molecule has 1 heteroatoms. The van der Waals surface area contributed by atoms with E-state index >= 15 is 0 Å². The second-order valence-corrected chi connectivity index (χ2v) is 5.01. The number of hydrogen-bond donors (Lipinski definition) is 0. The zero-order chi connectivity index (χ0) is 12.2. The number of rotatable bonds is 11. The molecule has 0 aliphatic rings. The summed E-state index contributed by atoms with van der Waals surface area (Å²) in [5.74, 6) is 0. The maximum Gasteiger partial charge on any atom is 0.0578 e. The van der Waals surface area contributed by atoms with Crippen molar-refractivity contribution in [2.45, 2.75) is 90.8 Å². The van der Waals surface area contributed by atoms with Crippen molar-refractivity contribution in [1.82, 2.24) is 0 Å². The average Bonchev–Trinajstić information content (AvgIpc) is 2.22. The third kappa shape index (κ3) is 10.5. The van der Waals surface area contributed by atoms with Crippen molar-refractivity contribution in [2.75, 3.05) is 0 Å². The second-order valence-electron chi connectivity index (χ2n) is 5.01. The lowest BCUT2D eigenvalue weighted by atomic mass is 10.0. The summed E-state index contributed by atoms with van der Waals surface area (Å²) in [6.45, 7) is 10.4. The van der Waals surface area contributed by atoms with Crippen molar-refractivity contribution in [3.8, 4) is 0 Å². The van der Waals surface area contributed by atoms with Gasteiger partial charge in [0, 0.05) is 0 Å². The van der Waals surface area contributed by atoms with Crippen molar-refractivity contribution < 1.29 is 4.74 Å². The van der Waals surface area contributed by atoms with Crippen LogP contribution in [0.15, 0.2) is 0 Å². The van der Waals surface area contributed by atoms with Gasteiger partial charge in [0.1, 0.15) is 0 Å². The smallest absolute Gasteiger partial charge is 0.0578 e. The van der Waals surface area contributed by atoms with E-state index in [1.807, 2.05) is 0 Å². The van der Waals surface area contributed by atoms with Crippen LogP contribution in [0.4, 0.5) is 0 Å². The van der Waals surface area contributed by atoms with Gasteiger partial charge in [-0.15, -0.1) is 0 Å². The van der Waals surface area contributed by atoms with Gasteiger partial charge in [0.2, 0.25) is 0 Å². The molecule has 16 heavy (non-hydrogen) atoms. The van der Waals surface area contributed by atoms with Gasteiger partial charge in [-0.3, -0.25) is 0 Å². The SMILES string of the molecule is [CH2]CCC(CCCCCCCC)OC(C)C. The molecule has 0 spiro atoms. The normalized spacial score (nSPS) is 13.3. The Balaban J connectivity index is 3.44. The van der Waals surface area contributed by atoms with Gasteiger partial charge in [-0.05, 0) is 26.7 Å². The van der Waals surface area contributed by atoms with Gasteiger partial charge in [-0.2, -0.15) is 0 Å². The largest absolute Gasteiger partial charge is 0.376 e. The van der Waals surface area contributed by atoms with Gasteiger partial charge in [0.25, 0.3) is 0 Å². The molecule has 1 radical (unpaired) electrons. The van der Waals surface area contributed by atoms with Crippen LogP contribution >= 0.6 is 0 Å². The highest BCUT2D eigenvalue weighted by Gasteiger charge is 2.09. The summed E-state index contributed by atoms with van der Waals surface area (Å²) < 4.78 is 5.88. The molecule has 1 unspecified atom stereocenters. The molecule has 0 aromatic carbocycles. The van der Waals surface area contributed by atoms with Gasteiger partial charge < -0.3 is 4.74 Å². The van der Waals surface area contributed by atoms with Crippen molar-refractivity contribution >= 4 is 0 Å². The van der Waals surface area contributed by atoms with E-state index < -0.39 is 0 Å². The van der Waals surface area contributed by atoms with Crippen LogP contribution in [-0.4, -0.2) is 12.2 Å². The van der Waals surface area contributed by atoms with E-state index in [1.165, 1.54) is 44.9 Å². The van der Waals surface area contributed by atoms with Crippen LogP contribution in [-0.2, 0) is 4.74 Å². The first-order chi connectivity index (χ1) is 7.70. The molecule has 0 heterocycles.